The number of benzene rings is 2. The molecule has 27 heavy (non-hydrogen) atoms. The van der Waals surface area contributed by atoms with Crippen LogP contribution in [0, 0.1) is 5.92 Å². The van der Waals surface area contributed by atoms with Crippen LogP contribution in [0.5, 0.6) is 0 Å². The molecule has 2 atom stereocenters. The van der Waals surface area contributed by atoms with Gasteiger partial charge < -0.3 is 10.5 Å². The van der Waals surface area contributed by atoms with Crippen molar-refractivity contribution < 1.29 is 17.9 Å². The first kappa shape index (κ1) is 21.1. The summed E-state index contributed by atoms with van der Waals surface area (Å²) < 4.78 is 31.1. The van der Waals surface area contributed by atoms with Crippen LogP contribution in [-0.4, -0.2) is 31.8 Å². The van der Waals surface area contributed by atoms with Crippen molar-refractivity contribution in [2.75, 3.05) is 5.75 Å². The predicted octanol–water partition coefficient (Wildman–Crippen LogP) is 2.99. The molecule has 2 rings (SSSR count). The molecule has 0 aromatic heterocycles. The second-order valence-corrected chi connectivity index (χ2v) is 9.62. The molecule has 0 fully saturated rings. The number of ether oxygens (including phenoxy) is 1. The van der Waals surface area contributed by atoms with Gasteiger partial charge in [0.05, 0.1) is 16.6 Å². The van der Waals surface area contributed by atoms with E-state index in [4.69, 9.17) is 10.5 Å². The Balaban J connectivity index is 2.27. The second kappa shape index (κ2) is 8.67. The third kappa shape index (κ3) is 6.48. The van der Waals surface area contributed by atoms with Gasteiger partial charge in [-0.2, -0.15) is 0 Å². The van der Waals surface area contributed by atoms with E-state index in [9.17, 15) is 13.2 Å². The van der Waals surface area contributed by atoms with Crippen molar-refractivity contribution >= 4 is 15.8 Å². The molecular weight excluding hydrogens is 362 g/mol. The van der Waals surface area contributed by atoms with Gasteiger partial charge >= 0.3 is 5.97 Å². The minimum absolute atomic E-state index is 0.172. The highest BCUT2D eigenvalue weighted by molar-refractivity contribution is 7.91. The lowest BCUT2D eigenvalue weighted by atomic mass is 9.95. The maximum absolute atomic E-state index is 12.8. The molecule has 0 radical (unpaired) electrons. The zero-order valence-corrected chi connectivity index (χ0v) is 16.8. The van der Waals surface area contributed by atoms with Crippen molar-refractivity contribution in [3.8, 4) is 0 Å². The second-order valence-electron chi connectivity index (χ2n) is 7.59. The zero-order valence-electron chi connectivity index (χ0n) is 16.0. The highest BCUT2D eigenvalue weighted by Gasteiger charge is 2.35. The number of nitrogens with two attached hydrogens (primary N) is 1. The molecule has 2 N–H and O–H groups in total. The number of rotatable bonds is 7. The summed E-state index contributed by atoms with van der Waals surface area (Å²) in [6, 6.07) is 16.9. The van der Waals surface area contributed by atoms with Crippen LogP contribution in [0.15, 0.2) is 65.6 Å². The third-order valence-corrected chi connectivity index (χ3v) is 5.83. The van der Waals surface area contributed by atoms with Crippen LogP contribution in [0.4, 0.5) is 0 Å². The maximum Gasteiger partial charge on any atom is 0.312 e. The monoisotopic (exact) mass is 389 g/mol. The lowest BCUT2D eigenvalue weighted by Crippen LogP contribution is -2.44. The molecule has 0 heterocycles. The van der Waals surface area contributed by atoms with E-state index >= 15 is 0 Å². The summed E-state index contributed by atoms with van der Waals surface area (Å²) in [4.78, 5) is 12.9. The predicted molar refractivity (Wildman–Crippen MR) is 106 cm³/mol. The number of esters is 1. The molecule has 5 nitrogen and oxygen atoms in total. The van der Waals surface area contributed by atoms with Crippen molar-refractivity contribution in [1.29, 1.82) is 0 Å². The Hall–Kier alpha value is -2.18. The van der Waals surface area contributed by atoms with Crippen LogP contribution in [-0.2, 0) is 25.8 Å². The van der Waals surface area contributed by atoms with Crippen LogP contribution in [0.3, 0.4) is 0 Å². The molecule has 0 amide bonds. The van der Waals surface area contributed by atoms with E-state index in [-0.39, 0.29) is 10.6 Å². The average molecular weight is 390 g/mol. The lowest BCUT2D eigenvalue weighted by molar-refractivity contribution is -0.159. The quantitative estimate of drug-likeness (QED) is 0.736. The highest BCUT2D eigenvalue weighted by atomic mass is 32.2. The van der Waals surface area contributed by atoms with Gasteiger partial charge in [0.2, 0.25) is 0 Å². The summed E-state index contributed by atoms with van der Waals surface area (Å²) in [5.41, 5.74) is 6.51. The first-order chi connectivity index (χ1) is 12.6. The number of hydrogen-bond donors (Lipinski definition) is 1. The van der Waals surface area contributed by atoms with Gasteiger partial charge in [0, 0.05) is 6.04 Å². The van der Waals surface area contributed by atoms with E-state index in [0.717, 1.165) is 5.56 Å². The molecule has 0 aliphatic heterocycles. The van der Waals surface area contributed by atoms with E-state index in [2.05, 4.69) is 0 Å². The smallest absolute Gasteiger partial charge is 0.312 e. The van der Waals surface area contributed by atoms with Crippen molar-refractivity contribution in [3.05, 3.63) is 66.2 Å². The van der Waals surface area contributed by atoms with Gasteiger partial charge in [0.1, 0.15) is 5.60 Å². The van der Waals surface area contributed by atoms with E-state index in [1.54, 1.807) is 39.0 Å². The summed E-state index contributed by atoms with van der Waals surface area (Å²) >= 11 is 0. The fraction of sp³-hybridized carbons (Fsp3) is 0.381. The zero-order chi connectivity index (χ0) is 20.1. The van der Waals surface area contributed by atoms with Crippen LogP contribution in [0.25, 0.3) is 0 Å². The van der Waals surface area contributed by atoms with E-state index in [1.807, 2.05) is 30.3 Å². The summed E-state index contributed by atoms with van der Waals surface area (Å²) in [7, 11) is -3.68. The fourth-order valence-corrected chi connectivity index (χ4v) is 4.35. The molecular formula is C21H27NO4S. The van der Waals surface area contributed by atoms with Gasteiger partial charge in [-0.25, -0.2) is 8.42 Å². The number of hydrogen-bond acceptors (Lipinski definition) is 5. The van der Waals surface area contributed by atoms with E-state index < -0.39 is 33.4 Å². The van der Waals surface area contributed by atoms with Crippen molar-refractivity contribution in [1.82, 2.24) is 0 Å². The molecule has 2 unspecified atom stereocenters. The Bertz CT molecular complexity index is 843. The maximum atomic E-state index is 12.8. The molecule has 2 aromatic carbocycles. The van der Waals surface area contributed by atoms with E-state index in [1.165, 1.54) is 12.1 Å². The minimum atomic E-state index is -3.68. The first-order valence-corrected chi connectivity index (χ1v) is 10.5. The Morgan fingerprint density at radius 1 is 1.00 bits per heavy atom. The normalized spacial score (nSPS) is 14.4. The first-order valence-electron chi connectivity index (χ1n) is 8.89. The van der Waals surface area contributed by atoms with Crippen LogP contribution in [0.2, 0.25) is 0 Å². The van der Waals surface area contributed by atoms with Crippen molar-refractivity contribution in [2.45, 2.75) is 43.7 Å². The van der Waals surface area contributed by atoms with E-state index in [0.29, 0.717) is 6.42 Å². The Kier molecular flexibility index (Phi) is 6.78. The fourth-order valence-electron chi connectivity index (χ4n) is 2.73. The summed E-state index contributed by atoms with van der Waals surface area (Å²) in [6.45, 7) is 5.24. The number of carbonyl (C=O) groups excluding carboxylic acids is 1. The van der Waals surface area contributed by atoms with Crippen LogP contribution >= 0.6 is 0 Å². The van der Waals surface area contributed by atoms with Crippen molar-refractivity contribution in [2.24, 2.45) is 11.7 Å². The molecule has 0 saturated carbocycles. The Morgan fingerprint density at radius 2 is 1.52 bits per heavy atom. The van der Waals surface area contributed by atoms with Gasteiger partial charge in [0.15, 0.2) is 9.84 Å². The van der Waals surface area contributed by atoms with Crippen LogP contribution in [0.1, 0.15) is 26.3 Å². The van der Waals surface area contributed by atoms with Gasteiger partial charge in [0.25, 0.3) is 0 Å². The standard InChI is InChI=1S/C21H27NO4S/c1-21(2,3)26-20(23)18(19(22)14-16-10-6-4-7-11-16)15-27(24,25)17-12-8-5-9-13-17/h4-13,18-19H,14-15,22H2,1-3H3. The SMILES string of the molecule is CC(C)(C)OC(=O)C(CS(=O)(=O)c1ccccc1)C(N)Cc1ccccc1. The van der Waals surface area contributed by atoms with Crippen molar-refractivity contribution in [3.63, 3.8) is 0 Å². The average Bonchev–Trinajstić information content (AvgIpc) is 2.60. The molecule has 0 aliphatic carbocycles. The van der Waals surface area contributed by atoms with Gasteiger partial charge in [-0.1, -0.05) is 48.5 Å². The van der Waals surface area contributed by atoms with Gasteiger partial charge in [-0.3, -0.25) is 4.79 Å². The summed E-state index contributed by atoms with van der Waals surface area (Å²) in [5.74, 6) is -1.94. The van der Waals surface area contributed by atoms with Gasteiger partial charge in [-0.15, -0.1) is 0 Å². The molecule has 2 aromatic rings. The Morgan fingerprint density at radius 3 is 2.04 bits per heavy atom. The summed E-state index contributed by atoms with van der Waals surface area (Å²) in [5, 5.41) is 0. The minimum Gasteiger partial charge on any atom is -0.460 e. The largest absolute Gasteiger partial charge is 0.460 e. The molecule has 0 saturated heterocycles. The lowest BCUT2D eigenvalue weighted by Gasteiger charge is -2.27. The molecule has 146 valence electrons. The van der Waals surface area contributed by atoms with Crippen LogP contribution < -0.4 is 5.73 Å². The summed E-state index contributed by atoms with van der Waals surface area (Å²) in [6.07, 6.45) is 0.384. The molecule has 0 spiro atoms. The number of sulfone groups is 1. The molecule has 0 bridgehead atoms. The van der Waals surface area contributed by atoms with Gasteiger partial charge in [-0.05, 0) is 44.9 Å². The highest BCUT2D eigenvalue weighted by Crippen LogP contribution is 2.21. The molecule has 6 heteroatoms. The third-order valence-electron chi connectivity index (χ3n) is 4.04. The Labute approximate surface area is 161 Å². The topological polar surface area (TPSA) is 86.5 Å². The molecule has 0 aliphatic rings. The number of carbonyl (C=O) groups is 1.